The predicted octanol–water partition coefficient (Wildman–Crippen LogP) is 1.25. The van der Waals surface area contributed by atoms with Gasteiger partial charge >= 0.3 is 0 Å². The summed E-state index contributed by atoms with van der Waals surface area (Å²) in [4.78, 5) is 19.8. The van der Waals surface area contributed by atoms with E-state index < -0.39 is 0 Å². The zero-order valence-corrected chi connectivity index (χ0v) is 12.7. The SMILES string of the molecule is Cc1csc2nc(CN(C)C3CCCNC3)cc(=O)n12. The fraction of sp³-hybridized carbons (Fsp3) is 0.571. The van der Waals surface area contributed by atoms with E-state index in [1.807, 2.05) is 12.3 Å². The van der Waals surface area contributed by atoms with Gasteiger partial charge < -0.3 is 5.32 Å². The number of fused-ring (bicyclic) bond motifs is 1. The Morgan fingerprint density at radius 1 is 1.60 bits per heavy atom. The van der Waals surface area contributed by atoms with Gasteiger partial charge in [-0.15, -0.1) is 11.3 Å². The van der Waals surface area contributed by atoms with E-state index in [0.29, 0.717) is 6.04 Å². The molecule has 0 radical (unpaired) electrons. The van der Waals surface area contributed by atoms with Crippen molar-refractivity contribution in [3.63, 3.8) is 0 Å². The van der Waals surface area contributed by atoms with Crippen molar-refractivity contribution in [2.75, 3.05) is 20.1 Å². The lowest BCUT2D eigenvalue weighted by Gasteiger charge is -2.31. The normalized spacial score (nSPS) is 19.9. The average Bonchev–Trinajstić information content (AvgIpc) is 2.81. The summed E-state index contributed by atoms with van der Waals surface area (Å²) in [6.07, 6.45) is 2.43. The van der Waals surface area contributed by atoms with E-state index in [4.69, 9.17) is 0 Å². The lowest BCUT2D eigenvalue weighted by molar-refractivity contribution is 0.194. The second-order valence-electron chi connectivity index (χ2n) is 5.50. The number of rotatable bonds is 3. The minimum atomic E-state index is 0.0268. The molecule has 0 spiro atoms. The van der Waals surface area contributed by atoms with Crippen LogP contribution in [0, 0.1) is 6.92 Å². The summed E-state index contributed by atoms with van der Waals surface area (Å²) < 4.78 is 1.68. The number of hydrogen-bond donors (Lipinski definition) is 1. The van der Waals surface area contributed by atoms with Crippen LogP contribution in [0.15, 0.2) is 16.2 Å². The van der Waals surface area contributed by atoms with E-state index in [-0.39, 0.29) is 5.56 Å². The Balaban J connectivity index is 1.82. The molecule has 1 fully saturated rings. The van der Waals surface area contributed by atoms with Gasteiger partial charge in [0.2, 0.25) is 0 Å². The van der Waals surface area contributed by atoms with Gasteiger partial charge in [-0.2, -0.15) is 0 Å². The van der Waals surface area contributed by atoms with Crippen molar-refractivity contribution in [1.29, 1.82) is 0 Å². The molecular formula is C14H20N4OS. The van der Waals surface area contributed by atoms with E-state index >= 15 is 0 Å². The van der Waals surface area contributed by atoms with E-state index in [2.05, 4.69) is 22.2 Å². The van der Waals surface area contributed by atoms with Crippen molar-refractivity contribution < 1.29 is 0 Å². The van der Waals surface area contributed by atoms with Crippen LogP contribution in [-0.4, -0.2) is 40.5 Å². The van der Waals surface area contributed by atoms with Gasteiger partial charge in [0, 0.05) is 36.3 Å². The van der Waals surface area contributed by atoms with Gasteiger partial charge in [-0.05, 0) is 33.4 Å². The number of nitrogens with one attached hydrogen (secondary N) is 1. The Labute approximate surface area is 122 Å². The van der Waals surface area contributed by atoms with E-state index in [0.717, 1.165) is 36.0 Å². The van der Waals surface area contributed by atoms with Crippen LogP contribution in [0.5, 0.6) is 0 Å². The number of nitrogens with zero attached hydrogens (tertiary/aromatic N) is 3. The molecule has 2 aromatic heterocycles. The van der Waals surface area contributed by atoms with Crippen molar-refractivity contribution in [2.24, 2.45) is 0 Å². The molecular weight excluding hydrogens is 272 g/mol. The highest BCUT2D eigenvalue weighted by molar-refractivity contribution is 7.15. The van der Waals surface area contributed by atoms with Crippen molar-refractivity contribution in [3.05, 3.63) is 33.2 Å². The van der Waals surface area contributed by atoms with Crippen LogP contribution in [0.2, 0.25) is 0 Å². The van der Waals surface area contributed by atoms with Crippen LogP contribution in [0.4, 0.5) is 0 Å². The maximum atomic E-state index is 12.1. The number of aromatic nitrogens is 2. The molecule has 3 heterocycles. The van der Waals surface area contributed by atoms with Gasteiger partial charge in [-0.3, -0.25) is 14.1 Å². The minimum Gasteiger partial charge on any atom is -0.315 e. The summed E-state index contributed by atoms with van der Waals surface area (Å²) in [7, 11) is 2.11. The Hall–Kier alpha value is -1.24. The summed E-state index contributed by atoms with van der Waals surface area (Å²) >= 11 is 1.53. The molecule has 1 aliphatic rings. The molecule has 2 aromatic rings. The second kappa shape index (κ2) is 5.63. The number of thiazole rings is 1. The Morgan fingerprint density at radius 3 is 3.20 bits per heavy atom. The highest BCUT2D eigenvalue weighted by Gasteiger charge is 2.18. The fourth-order valence-electron chi connectivity index (χ4n) is 2.78. The molecule has 1 N–H and O–H groups in total. The molecule has 108 valence electrons. The molecule has 1 atom stereocenters. The smallest absolute Gasteiger partial charge is 0.259 e. The maximum Gasteiger partial charge on any atom is 0.259 e. The zero-order chi connectivity index (χ0) is 14.1. The Bertz CT molecular complexity index is 657. The number of piperidine rings is 1. The van der Waals surface area contributed by atoms with Crippen LogP contribution in [0.3, 0.4) is 0 Å². The molecule has 0 aliphatic carbocycles. The summed E-state index contributed by atoms with van der Waals surface area (Å²) in [5.41, 5.74) is 1.85. The Kier molecular flexibility index (Phi) is 3.87. The third-order valence-corrected chi connectivity index (χ3v) is 4.88. The summed E-state index contributed by atoms with van der Waals surface area (Å²) in [6, 6.07) is 2.20. The first-order chi connectivity index (χ1) is 9.65. The van der Waals surface area contributed by atoms with Gasteiger partial charge in [0.25, 0.3) is 5.56 Å². The van der Waals surface area contributed by atoms with Crippen molar-refractivity contribution in [3.8, 4) is 0 Å². The summed E-state index contributed by atoms with van der Waals surface area (Å²) in [6.45, 7) is 4.81. The topological polar surface area (TPSA) is 49.6 Å². The summed E-state index contributed by atoms with van der Waals surface area (Å²) in [5, 5.41) is 5.39. The third-order valence-electron chi connectivity index (χ3n) is 3.93. The molecule has 1 saturated heterocycles. The van der Waals surface area contributed by atoms with Crippen LogP contribution in [0.1, 0.15) is 24.2 Å². The van der Waals surface area contributed by atoms with Crippen LogP contribution in [-0.2, 0) is 6.54 Å². The van der Waals surface area contributed by atoms with E-state index in [1.165, 1.54) is 24.2 Å². The molecule has 0 saturated carbocycles. The molecule has 3 rings (SSSR count). The van der Waals surface area contributed by atoms with Gasteiger partial charge in [-0.25, -0.2) is 4.98 Å². The predicted molar refractivity (Wildman–Crippen MR) is 81.4 cm³/mol. The number of likely N-dealkylation sites (N-methyl/N-ethyl adjacent to an activating group) is 1. The second-order valence-corrected chi connectivity index (χ2v) is 6.33. The summed E-state index contributed by atoms with van der Waals surface area (Å²) in [5.74, 6) is 0. The molecule has 0 bridgehead atoms. The number of hydrogen-bond acceptors (Lipinski definition) is 5. The standard InChI is InChI=1S/C14H20N4OS/c1-10-9-20-14-16-11(6-13(19)18(10)14)8-17(2)12-4-3-5-15-7-12/h6,9,12,15H,3-5,7-8H2,1-2H3. The van der Waals surface area contributed by atoms with Crippen molar-refractivity contribution in [2.45, 2.75) is 32.4 Å². The monoisotopic (exact) mass is 292 g/mol. The molecule has 1 aliphatic heterocycles. The first-order valence-electron chi connectivity index (χ1n) is 7.03. The van der Waals surface area contributed by atoms with Crippen molar-refractivity contribution in [1.82, 2.24) is 19.6 Å². The molecule has 0 amide bonds. The molecule has 0 aromatic carbocycles. The van der Waals surface area contributed by atoms with E-state index in [1.54, 1.807) is 10.5 Å². The van der Waals surface area contributed by atoms with Crippen LogP contribution in [0.25, 0.3) is 4.96 Å². The highest BCUT2D eigenvalue weighted by atomic mass is 32.1. The third kappa shape index (κ3) is 2.63. The van der Waals surface area contributed by atoms with Gasteiger partial charge in [-0.1, -0.05) is 0 Å². The molecule has 6 heteroatoms. The largest absolute Gasteiger partial charge is 0.315 e. The first-order valence-corrected chi connectivity index (χ1v) is 7.91. The maximum absolute atomic E-state index is 12.1. The highest BCUT2D eigenvalue weighted by Crippen LogP contribution is 2.14. The minimum absolute atomic E-state index is 0.0268. The van der Waals surface area contributed by atoms with E-state index in [9.17, 15) is 4.79 Å². The molecule has 5 nitrogen and oxygen atoms in total. The Morgan fingerprint density at radius 2 is 2.45 bits per heavy atom. The molecule has 20 heavy (non-hydrogen) atoms. The van der Waals surface area contributed by atoms with Crippen LogP contribution >= 0.6 is 11.3 Å². The average molecular weight is 292 g/mol. The quantitative estimate of drug-likeness (QED) is 0.925. The fourth-order valence-corrected chi connectivity index (χ4v) is 3.67. The lowest BCUT2D eigenvalue weighted by atomic mass is 10.1. The van der Waals surface area contributed by atoms with Crippen LogP contribution < -0.4 is 10.9 Å². The van der Waals surface area contributed by atoms with Gasteiger partial charge in [0.15, 0.2) is 4.96 Å². The lowest BCUT2D eigenvalue weighted by Crippen LogP contribution is -2.43. The molecule has 1 unspecified atom stereocenters. The van der Waals surface area contributed by atoms with Crippen molar-refractivity contribution >= 4 is 16.3 Å². The first kappa shape index (κ1) is 13.7. The van der Waals surface area contributed by atoms with Gasteiger partial charge in [0.1, 0.15) is 0 Å². The van der Waals surface area contributed by atoms with Gasteiger partial charge in [0.05, 0.1) is 5.69 Å². The zero-order valence-electron chi connectivity index (χ0n) is 11.9. The number of aryl methyl sites for hydroxylation is 1.